The minimum absolute atomic E-state index is 0.611. The number of H-pyrrole nitrogens is 2. The van der Waals surface area contributed by atoms with E-state index in [4.69, 9.17) is 0 Å². The highest BCUT2D eigenvalue weighted by molar-refractivity contribution is 5.91. The number of aromatic amines is 2. The van der Waals surface area contributed by atoms with Gasteiger partial charge in [0, 0.05) is 29.1 Å². The van der Waals surface area contributed by atoms with Crippen molar-refractivity contribution >= 4 is 34.0 Å². The minimum Gasteiger partial charge on any atom is -0.337 e. The largest absolute Gasteiger partial charge is 0.337 e. The summed E-state index contributed by atoms with van der Waals surface area (Å²) in [6.45, 7) is 0. The summed E-state index contributed by atoms with van der Waals surface area (Å²) in [5.74, 6) is 2.76. The molecule has 1 aromatic carbocycles. The molecule has 0 spiro atoms. The first-order valence-electron chi connectivity index (χ1n) is 8.20. The van der Waals surface area contributed by atoms with Crippen molar-refractivity contribution in [2.45, 2.75) is 18.8 Å². The van der Waals surface area contributed by atoms with Gasteiger partial charge < -0.3 is 10.6 Å². The molecular weight excluding hydrogens is 316 g/mol. The standard InChI is InChI=1S/C17H16N8/c1-2-4-13-12(3-1)17(25-21-13)20-15-7-11(9-18-23-15)19-16-8-14(22-24-16)10-5-6-10/h1-4,7-10H,5-6H2,(H4,19,20,21,22,23,24,25). The number of hydrogen-bond acceptors (Lipinski definition) is 6. The van der Waals surface area contributed by atoms with Gasteiger partial charge in [-0.25, -0.2) is 0 Å². The fraction of sp³-hybridized carbons (Fsp3) is 0.176. The number of fused-ring (bicyclic) bond motifs is 1. The van der Waals surface area contributed by atoms with E-state index in [1.165, 1.54) is 18.5 Å². The molecule has 1 aliphatic carbocycles. The zero-order valence-electron chi connectivity index (χ0n) is 13.3. The summed E-state index contributed by atoms with van der Waals surface area (Å²) in [4.78, 5) is 0. The Morgan fingerprint density at radius 1 is 0.960 bits per heavy atom. The van der Waals surface area contributed by atoms with Crippen LogP contribution in [0.5, 0.6) is 0 Å². The predicted octanol–water partition coefficient (Wildman–Crippen LogP) is 3.44. The van der Waals surface area contributed by atoms with E-state index in [-0.39, 0.29) is 0 Å². The number of anilines is 4. The van der Waals surface area contributed by atoms with Crippen LogP contribution < -0.4 is 10.6 Å². The van der Waals surface area contributed by atoms with E-state index in [9.17, 15) is 0 Å². The maximum Gasteiger partial charge on any atom is 0.161 e. The lowest BCUT2D eigenvalue weighted by Gasteiger charge is -2.05. The Balaban J connectivity index is 1.36. The summed E-state index contributed by atoms with van der Waals surface area (Å²) in [7, 11) is 0. The second kappa shape index (κ2) is 5.59. The molecule has 0 unspecified atom stereocenters. The molecule has 0 aliphatic heterocycles. The summed E-state index contributed by atoms with van der Waals surface area (Å²) in [5.41, 5.74) is 2.97. The van der Waals surface area contributed by atoms with Gasteiger partial charge in [-0.05, 0) is 25.0 Å². The average Bonchev–Trinajstić information content (AvgIpc) is 3.26. The molecule has 1 fully saturated rings. The lowest BCUT2D eigenvalue weighted by atomic mass is 10.2. The maximum absolute atomic E-state index is 4.30. The van der Waals surface area contributed by atoms with Gasteiger partial charge in [-0.3, -0.25) is 10.2 Å². The third-order valence-electron chi connectivity index (χ3n) is 4.26. The second-order valence-electron chi connectivity index (χ2n) is 6.18. The molecule has 1 saturated carbocycles. The number of para-hydroxylation sites is 1. The third kappa shape index (κ3) is 2.78. The van der Waals surface area contributed by atoms with E-state index in [1.807, 2.05) is 36.4 Å². The SMILES string of the molecule is c1ccc2c(Nc3cc(Nc4cc(C5CC5)[nH]n4)cnn3)n[nH]c2c1. The van der Waals surface area contributed by atoms with Crippen molar-refractivity contribution in [2.75, 3.05) is 10.6 Å². The molecule has 1 aliphatic rings. The summed E-state index contributed by atoms with van der Waals surface area (Å²) < 4.78 is 0. The first kappa shape index (κ1) is 14.0. The number of nitrogens with one attached hydrogen (secondary N) is 4. The fourth-order valence-corrected chi connectivity index (χ4v) is 2.83. The number of nitrogens with zero attached hydrogens (tertiary/aromatic N) is 4. The fourth-order valence-electron chi connectivity index (χ4n) is 2.83. The molecule has 3 heterocycles. The molecule has 0 bridgehead atoms. The average molecular weight is 332 g/mol. The third-order valence-corrected chi connectivity index (χ3v) is 4.26. The van der Waals surface area contributed by atoms with Crippen molar-refractivity contribution in [3.63, 3.8) is 0 Å². The molecule has 0 radical (unpaired) electrons. The highest BCUT2D eigenvalue weighted by Gasteiger charge is 2.25. The predicted molar refractivity (Wildman–Crippen MR) is 95.3 cm³/mol. The van der Waals surface area contributed by atoms with Crippen LogP contribution in [0.25, 0.3) is 10.9 Å². The van der Waals surface area contributed by atoms with Crippen molar-refractivity contribution in [3.8, 4) is 0 Å². The molecule has 3 aromatic heterocycles. The highest BCUT2D eigenvalue weighted by atomic mass is 15.2. The van der Waals surface area contributed by atoms with Gasteiger partial charge in [-0.1, -0.05) is 12.1 Å². The van der Waals surface area contributed by atoms with Gasteiger partial charge in [0.25, 0.3) is 0 Å². The minimum atomic E-state index is 0.611. The van der Waals surface area contributed by atoms with Gasteiger partial charge >= 0.3 is 0 Å². The molecule has 5 rings (SSSR count). The Labute approximate surface area is 143 Å². The van der Waals surface area contributed by atoms with Gasteiger partial charge in [0.1, 0.15) is 0 Å². The van der Waals surface area contributed by atoms with Crippen LogP contribution in [0.4, 0.5) is 23.1 Å². The van der Waals surface area contributed by atoms with Crippen LogP contribution in [0.1, 0.15) is 24.5 Å². The van der Waals surface area contributed by atoms with Crippen molar-refractivity contribution in [3.05, 3.63) is 48.3 Å². The topological polar surface area (TPSA) is 107 Å². The van der Waals surface area contributed by atoms with Crippen LogP contribution in [0.3, 0.4) is 0 Å². The van der Waals surface area contributed by atoms with Crippen LogP contribution in [-0.4, -0.2) is 30.6 Å². The summed E-state index contributed by atoms with van der Waals surface area (Å²) >= 11 is 0. The number of rotatable bonds is 5. The van der Waals surface area contributed by atoms with E-state index in [0.29, 0.717) is 11.7 Å². The molecule has 0 amide bonds. The van der Waals surface area contributed by atoms with Crippen molar-refractivity contribution in [1.82, 2.24) is 30.6 Å². The highest BCUT2D eigenvalue weighted by Crippen LogP contribution is 2.39. The van der Waals surface area contributed by atoms with Gasteiger partial charge in [0.05, 0.1) is 17.4 Å². The quantitative estimate of drug-likeness (QED) is 0.446. The first-order chi connectivity index (χ1) is 12.3. The zero-order valence-corrected chi connectivity index (χ0v) is 13.3. The maximum atomic E-state index is 4.30. The molecule has 4 aromatic rings. The summed E-state index contributed by atoms with van der Waals surface area (Å²) in [6.07, 6.45) is 4.15. The normalized spacial score (nSPS) is 13.9. The van der Waals surface area contributed by atoms with Crippen LogP contribution in [0.2, 0.25) is 0 Å². The number of aromatic nitrogens is 6. The lowest BCUT2D eigenvalue weighted by molar-refractivity contribution is 0.966. The Kier molecular flexibility index (Phi) is 3.12. The Bertz CT molecular complexity index is 1030. The van der Waals surface area contributed by atoms with Crippen LogP contribution >= 0.6 is 0 Å². The van der Waals surface area contributed by atoms with Crippen LogP contribution in [0, 0.1) is 0 Å². The van der Waals surface area contributed by atoms with E-state index >= 15 is 0 Å². The smallest absolute Gasteiger partial charge is 0.161 e. The monoisotopic (exact) mass is 332 g/mol. The molecule has 0 atom stereocenters. The van der Waals surface area contributed by atoms with Crippen LogP contribution in [-0.2, 0) is 0 Å². The van der Waals surface area contributed by atoms with Gasteiger partial charge in [0.15, 0.2) is 17.5 Å². The summed E-state index contributed by atoms with van der Waals surface area (Å²) in [5, 5.41) is 30.3. The molecule has 8 nitrogen and oxygen atoms in total. The molecule has 124 valence electrons. The van der Waals surface area contributed by atoms with Gasteiger partial charge in [0.2, 0.25) is 0 Å². The second-order valence-corrected chi connectivity index (χ2v) is 6.18. The van der Waals surface area contributed by atoms with Crippen LogP contribution in [0.15, 0.2) is 42.6 Å². The number of hydrogen-bond donors (Lipinski definition) is 4. The molecular formula is C17H16N8. The molecule has 0 saturated heterocycles. The zero-order chi connectivity index (χ0) is 16.6. The van der Waals surface area contributed by atoms with E-state index in [1.54, 1.807) is 6.20 Å². The molecule has 4 N–H and O–H groups in total. The lowest BCUT2D eigenvalue weighted by Crippen LogP contribution is -1.99. The Morgan fingerprint density at radius 3 is 2.80 bits per heavy atom. The molecule has 25 heavy (non-hydrogen) atoms. The van der Waals surface area contributed by atoms with E-state index < -0.39 is 0 Å². The Hall–Kier alpha value is -3.42. The van der Waals surface area contributed by atoms with Gasteiger partial charge in [-0.15, -0.1) is 5.10 Å². The van der Waals surface area contributed by atoms with Gasteiger partial charge in [-0.2, -0.15) is 15.3 Å². The number of benzene rings is 1. The van der Waals surface area contributed by atoms with Crippen molar-refractivity contribution in [1.29, 1.82) is 0 Å². The van der Waals surface area contributed by atoms with E-state index in [2.05, 4.69) is 41.2 Å². The summed E-state index contributed by atoms with van der Waals surface area (Å²) in [6, 6.07) is 11.8. The van der Waals surface area contributed by atoms with Crippen molar-refractivity contribution < 1.29 is 0 Å². The Morgan fingerprint density at radius 2 is 1.88 bits per heavy atom. The first-order valence-corrected chi connectivity index (χ1v) is 8.20. The molecule has 8 heteroatoms. The van der Waals surface area contributed by atoms with E-state index in [0.717, 1.165) is 28.2 Å². The van der Waals surface area contributed by atoms with Crippen molar-refractivity contribution in [2.24, 2.45) is 0 Å².